The second-order valence-corrected chi connectivity index (χ2v) is 9.54. The largest absolute Gasteiger partial charge is 0.394 e. The maximum absolute atomic E-state index is 13.2. The third kappa shape index (κ3) is 5.62. The second kappa shape index (κ2) is 11.6. The third-order valence-corrected chi connectivity index (χ3v) is 6.87. The van der Waals surface area contributed by atoms with E-state index in [1.165, 1.54) is 35.2 Å². The quantitative estimate of drug-likeness (QED) is 0.201. The molecule has 2 aliphatic heterocycles. The van der Waals surface area contributed by atoms with Crippen molar-refractivity contribution in [3.05, 3.63) is 42.2 Å². The number of fused-ring (bicyclic) bond motifs is 1. The summed E-state index contributed by atoms with van der Waals surface area (Å²) in [7, 11) is 0. The topological polar surface area (TPSA) is 198 Å². The first-order valence-corrected chi connectivity index (χ1v) is 12.6. The highest BCUT2D eigenvalue weighted by Crippen LogP contribution is 2.32. The monoisotopic (exact) mass is 556 g/mol. The van der Waals surface area contributed by atoms with Gasteiger partial charge in [0.05, 0.1) is 12.9 Å². The molecule has 1 aromatic carbocycles. The van der Waals surface area contributed by atoms with Crippen LogP contribution in [0.2, 0.25) is 0 Å². The number of hydroxylamine groups is 1. The minimum Gasteiger partial charge on any atom is -0.394 e. The number of carbonyl (C=O) groups excluding carboxylic acids is 1. The zero-order valence-corrected chi connectivity index (χ0v) is 21.3. The van der Waals surface area contributed by atoms with Crippen molar-refractivity contribution in [2.24, 2.45) is 11.7 Å². The van der Waals surface area contributed by atoms with Crippen molar-refractivity contribution >= 4 is 23.0 Å². The molecule has 4 heterocycles. The van der Waals surface area contributed by atoms with Gasteiger partial charge in [0.1, 0.15) is 29.6 Å². The number of benzene rings is 1. The first-order valence-electron chi connectivity index (χ1n) is 12.6. The van der Waals surface area contributed by atoms with E-state index in [0.717, 1.165) is 5.17 Å². The summed E-state index contributed by atoms with van der Waals surface area (Å²) in [5.41, 5.74) is 12.1. The number of primary amides is 1. The number of nitrogens with zero attached hydrogens (tertiary/aromatic N) is 6. The fraction of sp³-hybridized carbons (Fsp3) is 0.440. The van der Waals surface area contributed by atoms with Crippen molar-refractivity contribution in [2.45, 2.75) is 43.8 Å². The fourth-order valence-electron chi connectivity index (χ4n) is 4.71. The van der Waals surface area contributed by atoms with E-state index in [-0.39, 0.29) is 34.5 Å². The van der Waals surface area contributed by atoms with Crippen LogP contribution in [0.4, 0.5) is 15.0 Å². The van der Waals surface area contributed by atoms with Gasteiger partial charge >= 0.3 is 6.03 Å². The van der Waals surface area contributed by atoms with E-state index in [4.69, 9.17) is 21.0 Å². The van der Waals surface area contributed by atoms with Gasteiger partial charge in [-0.3, -0.25) is 4.57 Å². The average molecular weight is 557 g/mol. The van der Waals surface area contributed by atoms with E-state index < -0.39 is 43.0 Å². The van der Waals surface area contributed by atoms with Crippen molar-refractivity contribution in [2.75, 3.05) is 25.4 Å². The summed E-state index contributed by atoms with van der Waals surface area (Å²) in [4.78, 5) is 30.4. The molecule has 14 nitrogen and oxygen atoms in total. The Morgan fingerprint density at radius 3 is 2.58 bits per heavy atom. The lowest BCUT2D eigenvalue weighted by atomic mass is 9.94. The van der Waals surface area contributed by atoms with Gasteiger partial charge in [0.25, 0.3) is 0 Å². The number of nitrogen functional groups attached to an aromatic ring is 1. The highest BCUT2D eigenvalue weighted by Gasteiger charge is 2.44. The lowest BCUT2D eigenvalue weighted by molar-refractivity contribution is -0.182. The zero-order valence-electron chi connectivity index (χ0n) is 21.3. The fourth-order valence-corrected chi connectivity index (χ4v) is 4.71. The molecule has 212 valence electrons. The molecule has 2 fully saturated rings. The highest BCUT2D eigenvalue weighted by molar-refractivity contribution is 5.82. The normalized spacial score (nSPS) is 23.6. The van der Waals surface area contributed by atoms with Gasteiger partial charge in [0.15, 0.2) is 23.4 Å². The molecule has 0 bridgehead atoms. The molecule has 0 saturated carbocycles. The van der Waals surface area contributed by atoms with Crippen molar-refractivity contribution in [1.82, 2.24) is 29.7 Å². The average Bonchev–Trinajstić information content (AvgIpc) is 3.49. The molecule has 4 atom stereocenters. The van der Waals surface area contributed by atoms with Gasteiger partial charge in [-0.15, -0.1) is 0 Å². The molecular formula is C25H29FN8O6. The van der Waals surface area contributed by atoms with Crippen LogP contribution >= 0.6 is 0 Å². The molecule has 15 heteroatoms. The van der Waals surface area contributed by atoms with Crippen molar-refractivity contribution < 1.29 is 34.1 Å². The van der Waals surface area contributed by atoms with Crippen LogP contribution in [0, 0.1) is 23.6 Å². The number of aliphatic hydroxyl groups is 3. The Labute approximate surface area is 227 Å². The summed E-state index contributed by atoms with van der Waals surface area (Å²) in [6.07, 6.45) is -1.22. The van der Waals surface area contributed by atoms with Crippen LogP contribution in [0.25, 0.3) is 11.2 Å². The Morgan fingerprint density at radius 1 is 1.20 bits per heavy atom. The molecular weight excluding hydrogens is 527 g/mol. The second-order valence-electron chi connectivity index (χ2n) is 9.54. The van der Waals surface area contributed by atoms with Crippen LogP contribution in [0.5, 0.6) is 5.75 Å². The van der Waals surface area contributed by atoms with Crippen molar-refractivity contribution in [1.29, 1.82) is 0 Å². The summed E-state index contributed by atoms with van der Waals surface area (Å²) in [6.45, 7) is 0.529. The van der Waals surface area contributed by atoms with Gasteiger partial charge in [-0.25, -0.2) is 24.1 Å². The lowest BCUT2D eigenvalue weighted by Crippen LogP contribution is -2.53. The van der Waals surface area contributed by atoms with Crippen LogP contribution in [0.15, 0.2) is 30.6 Å². The number of amides is 2. The number of halogens is 1. The molecule has 0 spiro atoms. The Balaban J connectivity index is 1.22. The van der Waals surface area contributed by atoms with E-state index in [1.54, 1.807) is 5.01 Å². The zero-order chi connectivity index (χ0) is 28.4. The summed E-state index contributed by atoms with van der Waals surface area (Å²) in [5, 5.41) is 32.5. The summed E-state index contributed by atoms with van der Waals surface area (Å²) >= 11 is 0. The Bertz CT molecular complexity index is 1420. The minimum absolute atomic E-state index is 0.0980. The van der Waals surface area contributed by atoms with Crippen LogP contribution < -0.4 is 16.3 Å². The molecule has 2 saturated heterocycles. The maximum atomic E-state index is 13.2. The Kier molecular flexibility index (Phi) is 7.96. The van der Waals surface area contributed by atoms with Gasteiger partial charge in [-0.05, 0) is 48.9 Å². The molecule has 0 radical (unpaired) electrons. The predicted molar refractivity (Wildman–Crippen MR) is 137 cm³/mol. The van der Waals surface area contributed by atoms with E-state index in [0.29, 0.717) is 32.4 Å². The maximum Gasteiger partial charge on any atom is 0.363 e. The molecule has 3 aromatic rings. The SMILES string of the molecule is NC(=O)N(Oc1ccc(F)cc1)N1CCC(CC#Cc2nc(N)c3ncn([C@@H]4O[C@H](CO)[C@@H](O)[C@H]4O)c3n2)CC1. The predicted octanol–water partition coefficient (Wildman–Crippen LogP) is -0.0976. The van der Waals surface area contributed by atoms with Gasteiger partial charge in [-0.2, -0.15) is 5.01 Å². The van der Waals surface area contributed by atoms with E-state index in [1.807, 2.05) is 0 Å². The lowest BCUT2D eigenvalue weighted by Gasteiger charge is -2.36. The van der Waals surface area contributed by atoms with Gasteiger partial charge in [-0.1, -0.05) is 11.1 Å². The molecule has 40 heavy (non-hydrogen) atoms. The number of aliphatic hydroxyl groups excluding tert-OH is 3. The number of carbonyl (C=O) groups is 1. The molecule has 2 amide bonds. The molecule has 0 aliphatic carbocycles. The van der Waals surface area contributed by atoms with Gasteiger partial charge < -0.3 is 36.4 Å². The number of aromatic nitrogens is 4. The Hall–Kier alpha value is -4.07. The first-order chi connectivity index (χ1) is 19.2. The summed E-state index contributed by atoms with van der Waals surface area (Å²) < 4.78 is 20.2. The van der Waals surface area contributed by atoms with Crippen molar-refractivity contribution in [3.63, 3.8) is 0 Å². The van der Waals surface area contributed by atoms with Crippen LogP contribution in [0.3, 0.4) is 0 Å². The van der Waals surface area contributed by atoms with E-state index in [9.17, 15) is 24.5 Å². The van der Waals surface area contributed by atoms with Crippen LogP contribution in [-0.2, 0) is 4.74 Å². The standard InChI is InChI=1S/C25H29FN8O6/c26-15-4-6-16(7-5-15)40-34(25(28)38)32-10-8-14(9-11-32)2-1-3-18-30-22(27)19-23(31-18)33(13-29-19)24-21(37)20(36)17(12-35)39-24/h4-7,13-14,17,20-21,24,35-37H,2,8-12H2,(H2,28,38)(H2,27,30,31)/t17-,20-,21-,24-/m1/s1. The van der Waals surface area contributed by atoms with E-state index in [2.05, 4.69) is 26.8 Å². The smallest absolute Gasteiger partial charge is 0.363 e. The number of hydrazine groups is 1. The highest BCUT2D eigenvalue weighted by atomic mass is 19.1. The number of urea groups is 1. The Morgan fingerprint density at radius 2 is 1.93 bits per heavy atom. The van der Waals surface area contributed by atoms with E-state index >= 15 is 0 Å². The molecule has 2 aromatic heterocycles. The molecule has 7 N–H and O–H groups in total. The summed E-state index contributed by atoms with van der Waals surface area (Å²) in [6, 6.07) is 4.48. The number of piperidine rings is 1. The minimum atomic E-state index is -1.31. The number of nitrogens with two attached hydrogens (primary N) is 2. The third-order valence-electron chi connectivity index (χ3n) is 6.87. The number of anilines is 1. The molecule has 5 rings (SSSR count). The number of rotatable bonds is 6. The number of imidazole rings is 1. The summed E-state index contributed by atoms with van der Waals surface area (Å²) in [5.74, 6) is 6.35. The van der Waals surface area contributed by atoms with Crippen LogP contribution in [-0.4, -0.2) is 89.1 Å². The number of hydrogen-bond acceptors (Lipinski definition) is 11. The molecule has 2 aliphatic rings. The first kappa shape index (κ1) is 27.5. The van der Waals surface area contributed by atoms with Gasteiger partial charge in [0.2, 0.25) is 5.82 Å². The number of ether oxygens (including phenoxy) is 1. The van der Waals surface area contributed by atoms with Gasteiger partial charge in [0, 0.05) is 19.5 Å². The van der Waals surface area contributed by atoms with Crippen LogP contribution in [0.1, 0.15) is 31.3 Å². The molecule has 0 unspecified atom stereocenters. The number of hydrogen-bond donors (Lipinski definition) is 5. The van der Waals surface area contributed by atoms with Crippen molar-refractivity contribution in [3.8, 4) is 17.6 Å².